The van der Waals surface area contributed by atoms with E-state index in [1.165, 1.54) is 36.2 Å². The minimum atomic E-state index is 0.441. The van der Waals surface area contributed by atoms with Crippen LogP contribution in [0, 0.1) is 19.8 Å². The van der Waals surface area contributed by atoms with Gasteiger partial charge in [-0.3, -0.25) is 0 Å². The van der Waals surface area contributed by atoms with E-state index in [4.69, 9.17) is 0 Å². The molecule has 3 atom stereocenters. The summed E-state index contributed by atoms with van der Waals surface area (Å²) >= 11 is 0. The molecule has 1 aromatic rings. The average molecular weight is 260 g/mol. The topological polar surface area (TPSA) is 15.3 Å². The van der Waals surface area contributed by atoms with Gasteiger partial charge < -0.3 is 10.2 Å². The van der Waals surface area contributed by atoms with Crippen molar-refractivity contribution < 1.29 is 0 Å². The summed E-state index contributed by atoms with van der Waals surface area (Å²) in [6.45, 7) is 11.5. The van der Waals surface area contributed by atoms with Gasteiger partial charge in [0.1, 0.15) is 0 Å². The van der Waals surface area contributed by atoms with Gasteiger partial charge in [0.2, 0.25) is 0 Å². The molecule has 1 aliphatic heterocycles. The number of nitrogens with one attached hydrogen (secondary N) is 1. The highest BCUT2D eigenvalue weighted by Crippen LogP contribution is 2.23. The molecule has 0 saturated carbocycles. The van der Waals surface area contributed by atoms with Crippen molar-refractivity contribution in [2.45, 2.75) is 46.2 Å². The number of benzene rings is 1. The highest BCUT2D eigenvalue weighted by Gasteiger charge is 2.25. The van der Waals surface area contributed by atoms with Gasteiger partial charge in [-0.1, -0.05) is 30.7 Å². The molecule has 2 nitrogen and oxygen atoms in total. The summed E-state index contributed by atoms with van der Waals surface area (Å²) in [5.41, 5.74) is 4.19. The van der Waals surface area contributed by atoms with Crippen molar-refractivity contribution in [1.82, 2.24) is 10.2 Å². The molecule has 0 amide bonds. The fraction of sp³-hybridized carbons (Fsp3) is 0.647. The number of nitrogens with zero attached hydrogens (tertiary/aromatic N) is 1. The van der Waals surface area contributed by atoms with E-state index in [2.05, 4.69) is 63.2 Å². The van der Waals surface area contributed by atoms with Crippen LogP contribution in [0.25, 0.3) is 0 Å². The lowest BCUT2D eigenvalue weighted by Gasteiger charge is -2.37. The SMILES string of the molecule is Cc1ccc(C(C)NC2CCN(C)CC2C)c(C)c1. The first-order valence-corrected chi connectivity index (χ1v) is 7.49. The fourth-order valence-electron chi connectivity index (χ4n) is 3.32. The lowest BCUT2D eigenvalue weighted by molar-refractivity contribution is 0.168. The van der Waals surface area contributed by atoms with Gasteiger partial charge in [0.05, 0.1) is 0 Å². The molecular formula is C17H28N2. The first-order chi connectivity index (χ1) is 8.97. The van der Waals surface area contributed by atoms with Gasteiger partial charge in [0.25, 0.3) is 0 Å². The molecule has 1 heterocycles. The van der Waals surface area contributed by atoms with Crippen molar-refractivity contribution in [3.05, 3.63) is 34.9 Å². The van der Waals surface area contributed by atoms with Gasteiger partial charge in [-0.25, -0.2) is 0 Å². The van der Waals surface area contributed by atoms with E-state index in [9.17, 15) is 0 Å². The summed E-state index contributed by atoms with van der Waals surface area (Å²) < 4.78 is 0. The van der Waals surface area contributed by atoms with E-state index in [-0.39, 0.29) is 0 Å². The molecule has 0 bridgehead atoms. The van der Waals surface area contributed by atoms with E-state index in [0.29, 0.717) is 12.1 Å². The number of hydrogen-bond acceptors (Lipinski definition) is 2. The molecule has 2 heteroatoms. The van der Waals surface area contributed by atoms with Crippen LogP contribution >= 0.6 is 0 Å². The minimum Gasteiger partial charge on any atom is -0.307 e. The largest absolute Gasteiger partial charge is 0.307 e. The zero-order chi connectivity index (χ0) is 14.0. The van der Waals surface area contributed by atoms with Crippen molar-refractivity contribution in [3.8, 4) is 0 Å². The number of piperidine rings is 1. The Labute approximate surface area is 118 Å². The van der Waals surface area contributed by atoms with Gasteiger partial charge in [0, 0.05) is 18.6 Å². The van der Waals surface area contributed by atoms with Crippen molar-refractivity contribution in [1.29, 1.82) is 0 Å². The van der Waals surface area contributed by atoms with Gasteiger partial charge >= 0.3 is 0 Å². The highest BCUT2D eigenvalue weighted by atomic mass is 15.1. The molecular weight excluding hydrogens is 232 g/mol. The summed E-state index contributed by atoms with van der Waals surface area (Å²) in [5, 5.41) is 3.84. The van der Waals surface area contributed by atoms with Crippen molar-refractivity contribution >= 4 is 0 Å². The molecule has 0 spiro atoms. The third kappa shape index (κ3) is 3.58. The Morgan fingerprint density at radius 2 is 2.05 bits per heavy atom. The van der Waals surface area contributed by atoms with Crippen LogP contribution < -0.4 is 5.32 Å². The van der Waals surface area contributed by atoms with Crippen LogP contribution in [0.2, 0.25) is 0 Å². The second kappa shape index (κ2) is 6.06. The number of hydrogen-bond donors (Lipinski definition) is 1. The molecule has 1 aliphatic rings. The Balaban J connectivity index is 2.02. The Hall–Kier alpha value is -0.860. The summed E-state index contributed by atoms with van der Waals surface area (Å²) in [6, 6.07) is 7.87. The zero-order valence-electron chi connectivity index (χ0n) is 13.0. The van der Waals surface area contributed by atoms with E-state index < -0.39 is 0 Å². The maximum atomic E-state index is 3.84. The van der Waals surface area contributed by atoms with Crippen LogP contribution in [0.4, 0.5) is 0 Å². The molecule has 19 heavy (non-hydrogen) atoms. The van der Waals surface area contributed by atoms with E-state index >= 15 is 0 Å². The molecule has 106 valence electrons. The molecule has 1 aromatic carbocycles. The predicted octanol–water partition coefficient (Wildman–Crippen LogP) is 3.29. The van der Waals surface area contributed by atoms with Crippen LogP contribution in [0.1, 0.15) is 43.0 Å². The molecule has 1 N–H and O–H groups in total. The first-order valence-electron chi connectivity index (χ1n) is 7.49. The Kier molecular flexibility index (Phi) is 4.64. The van der Waals surface area contributed by atoms with Gasteiger partial charge in [-0.05, 0) is 57.8 Å². The summed E-state index contributed by atoms with van der Waals surface area (Å²) in [5.74, 6) is 0.729. The molecule has 0 aliphatic carbocycles. The molecule has 2 rings (SSSR count). The van der Waals surface area contributed by atoms with Crippen molar-refractivity contribution in [2.75, 3.05) is 20.1 Å². The second-order valence-electron chi connectivity index (χ2n) is 6.38. The monoisotopic (exact) mass is 260 g/mol. The minimum absolute atomic E-state index is 0.441. The third-order valence-corrected chi connectivity index (χ3v) is 4.46. The number of aryl methyl sites for hydroxylation is 2. The Morgan fingerprint density at radius 3 is 2.68 bits per heavy atom. The molecule has 3 unspecified atom stereocenters. The standard InChI is InChI=1S/C17H28N2/c1-12-6-7-16(13(2)10-12)15(4)18-17-8-9-19(5)11-14(17)3/h6-7,10,14-15,17-18H,8-9,11H2,1-5H3. The number of rotatable bonds is 3. The van der Waals surface area contributed by atoms with Crippen LogP contribution in [0.3, 0.4) is 0 Å². The molecule has 1 fully saturated rings. The molecule has 0 aromatic heterocycles. The van der Waals surface area contributed by atoms with Crippen molar-refractivity contribution in [3.63, 3.8) is 0 Å². The van der Waals surface area contributed by atoms with Gasteiger partial charge in [0.15, 0.2) is 0 Å². The summed E-state index contributed by atoms with van der Waals surface area (Å²) in [6.07, 6.45) is 1.26. The lowest BCUT2D eigenvalue weighted by Crippen LogP contribution is -2.47. The smallest absolute Gasteiger partial charge is 0.0297 e. The fourth-order valence-corrected chi connectivity index (χ4v) is 3.32. The van der Waals surface area contributed by atoms with E-state index in [1.807, 2.05) is 0 Å². The highest BCUT2D eigenvalue weighted by molar-refractivity contribution is 5.32. The maximum absolute atomic E-state index is 3.84. The maximum Gasteiger partial charge on any atom is 0.0297 e. The Bertz CT molecular complexity index is 427. The van der Waals surface area contributed by atoms with E-state index in [1.54, 1.807) is 0 Å². The number of likely N-dealkylation sites (tertiary alicyclic amines) is 1. The van der Waals surface area contributed by atoms with Gasteiger partial charge in [-0.2, -0.15) is 0 Å². The first kappa shape index (κ1) is 14.5. The normalized spacial score (nSPS) is 26.4. The average Bonchev–Trinajstić information content (AvgIpc) is 2.32. The van der Waals surface area contributed by atoms with Crippen LogP contribution in [0.5, 0.6) is 0 Å². The van der Waals surface area contributed by atoms with Crippen LogP contribution in [0.15, 0.2) is 18.2 Å². The van der Waals surface area contributed by atoms with Crippen LogP contribution in [-0.4, -0.2) is 31.1 Å². The predicted molar refractivity (Wildman–Crippen MR) is 82.5 cm³/mol. The van der Waals surface area contributed by atoms with Crippen molar-refractivity contribution in [2.24, 2.45) is 5.92 Å². The second-order valence-corrected chi connectivity index (χ2v) is 6.38. The molecule has 1 saturated heterocycles. The summed E-state index contributed by atoms with van der Waals surface area (Å²) in [4.78, 5) is 2.44. The van der Waals surface area contributed by atoms with E-state index in [0.717, 1.165) is 5.92 Å². The zero-order valence-corrected chi connectivity index (χ0v) is 13.0. The summed E-state index contributed by atoms with van der Waals surface area (Å²) in [7, 11) is 2.22. The third-order valence-electron chi connectivity index (χ3n) is 4.46. The quantitative estimate of drug-likeness (QED) is 0.897. The van der Waals surface area contributed by atoms with Gasteiger partial charge in [-0.15, -0.1) is 0 Å². The molecule has 0 radical (unpaired) electrons. The van der Waals surface area contributed by atoms with Crippen LogP contribution in [-0.2, 0) is 0 Å². The lowest BCUT2D eigenvalue weighted by atomic mass is 9.92. The Morgan fingerprint density at radius 1 is 1.32 bits per heavy atom.